The average molecular weight is 537 g/mol. The number of aliphatic hydroxyl groups is 3. The number of aromatic hydroxyl groups is 1. The summed E-state index contributed by atoms with van der Waals surface area (Å²) >= 11 is 0. The Labute approximate surface area is 222 Å². The Morgan fingerprint density at radius 1 is 1.05 bits per heavy atom. The second kappa shape index (κ2) is 9.01. The summed E-state index contributed by atoms with van der Waals surface area (Å²) in [4.78, 5) is 52.2. The first-order chi connectivity index (χ1) is 18.3. The Morgan fingerprint density at radius 2 is 1.69 bits per heavy atom. The van der Waals surface area contributed by atoms with Gasteiger partial charge in [0, 0.05) is 17.5 Å². The van der Waals surface area contributed by atoms with Crippen LogP contribution in [-0.4, -0.2) is 85.7 Å². The molecule has 7 N–H and O–H groups in total. The highest BCUT2D eigenvalue weighted by Gasteiger charge is 2.67. The fraction of sp³-hybridized carbons (Fsp3) is 0.357. The molecule has 0 spiro atoms. The minimum atomic E-state index is -2.72. The van der Waals surface area contributed by atoms with Crippen LogP contribution >= 0.6 is 0 Å². The SMILES string of the molecule is CN(C)[C@H]1C(O)C(C(N)=O)C(=O)[C@]2(O)C(=O)C3=C(O)c4c(O)ccc(-c5ccc(C(=O)O)cc5)c4C[C@@H]3C[C@H]12. The van der Waals surface area contributed by atoms with Gasteiger partial charge in [0.25, 0.3) is 0 Å². The van der Waals surface area contributed by atoms with Crippen LogP contribution in [-0.2, 0) is 20.8 Å². The third-order valence-electron chi connectivity index (χ3n) is 8.41. The van der Waals surface area contributed by atoms with Gasteiger partial charge in [-0.1, -0.05) is 18.2 Å². The number of benzene rings is 2. The number of carboxylic acid groups (broad SMARTS) is 1. The molecule has 0 saturated heterocycles. The molecule has 3 aliphatic carbocycles. The van der Waals surface area contributed by atoms with Crippen LogP contribution in [0.15, 0.2) is 42.0 Å². The summed E-state index contributed by atoms with van der Waals surface area (Å²) in [6.07, 6.45) is -1.42. The van der Waals surface area contributed by atoms with E-state index in [9.17, 15) is 44.7 Å². The molecule has 2 aromatic carbocycles. The lowest BCUT2D eigenvalue weighted by atomic mass is 9.54. The molecular formula is C28H28N2O9. The van der Waals surface area contributed by atoms with Crippen molar-refractivity contribution in [2.45, 2.75) is 30.6 Å². The van der Waals surface area contributed by atoms with Crippen molar-refractivity contribution in [3.05, 3.63) is 58.7 Å². The second-order valence-electron chi connectivity index (χ2n) is 10.7. The molecule has 0 bridgehead atoms. The fourth-order valence-electron chi connectivity index (χ4n) is 6.67. The van der Waals surface area contributed by atoms with Crippen LogP contribution in [0.2, 0.25) is 0 Å². The third-order valence-corrected chi connectivity index (χ3v) is 8.41. The van der Waals surface area contributed by atoms with Crippen molar-refractivity contribution < 1.29 is 44.7 Å². The summed E-state index contributed by atoms with van der Waals surface area (Å²) in [5.74, 6) is -9.11. The number of primary amides is 1. The largest absolute Gasteiger partial charge is 0.507 e. The van der Waals surface area contributed by atoms with E-state index < -0.39 is 64.7 Å². The Kier molecular flexibility index (Phi) is 6.13. The van der Waals surface area contributed by atoms with E-state index in [1.807, 2.05) is 0 Å². The summed E-state index contributed by atoms with van der Waals surface area (Å²) in [6.45, 7) is 0. The van der Waals surface area contributed by atoms with Crippen LogP contribution < -0.4 is 5.73 Å². The Hall–Kier alpha value is -4.06. The number of likely N-dealkylation sites (N-methyl/N-ethyl adjacent to an activating group) is 1. The molecule has 0 heterocycles. The van der Waals surface area contributed by atoms with Crippen molar-refractivity contribution in [3.8, 4) is 16.9 Å². The number of aromatic carboxylic acids is 1. The van der Waals surface area contributed by atoms with Crippen molar-refractivity contribution in [1.29, 1.82) is 0 Å². The molecule has 39 heavy (non-hydrogen) atoms. The highest BCUT2D eigenvalue weighted by Crippen LogP contribution is 2.53. The smallest absolute Gasteiger partial charge is 0.335 e. The standard InChI is InChI=1S/C28H28N2O9/c1-30(2)21-16-10-13-9-15-14(11-3-5-12(6-4-11)27(37)38)7-8-17(31)19(15)22(32)18(13)24(34)28(16,39)25(35)20(23(21)33)26(29)36/h3-8,13,16,20-21,23,31-33,39H,9-10H2,1-2H3,(H2,29,36)(H,37,38)/t13-,16-,20?,21-,23?,28-/m1/s1. The van der Waals surface area contributed by atoms with Crippen LogP contribution in [0, 0.1) is 17.8 Å². The number of rotatable bonds is 4. The van der Waals surface area contributed by atoms with E-state index in [4.69, 9.17) is 5.73 Å². The number of Topliss-reactive ketones (excluding diaryl/α,β-unsaturated/α-hetero) is 2. The molecule has 2 unspecified atom stereocenters. The lowest BCUT2D eigenvalue weighted by Crippen LogP contribution is -2.73. The van der Waals surface area contributed by atoms with E-state index in [2.05, 4.69) is 0 Å². The zero-order chi connectivity index (χ0) is 28.5. The van der Waals surface area contributed by atoms with Gasteiger partial charge in [-0.2, -0.15) is 0 Å². The monoisotopic (exact) mass is 536 g/mol. The molecule has 1 amide bonds. The first kappa shape index (κ1) is 26.5. The second-order valence-corrected chi connectivity index (χ2v) is 10.7. The maximum absolute atomic E-state index is 13.9. The number of ketones is 2. The molecule has 11 nitrogen and oxygen atoms in total. The summed E-state index contributed by atoms with van der Waals surface area (Å²) in [7, 11) is 3.17. The van der Waals surface area contributed by atoms with E-state index in [1.165, 1.54) is 23.1 Å². The molecule has 3 aliphatic rings. The predicted octanol–water partition coefficient (Wildman–Crippen LogP) is 0.494. The van der Waals surface area contributed by atoms with E-state index in [0.29, 0.717) is 16.7 Å². The maximum atomic E-state index is 13.9. The highest BCUT2D eigenvalue weighted by molar-refractivity contribution is 6.25. The zero-order valence-electron chi connectivity index (χ0n) is 21.2. The first-order valence-corrected chi connectivity index (χ1v) is 12.4. The molecule has 2 saturated carbocycles. The average Bonchev–Trinajstić information content (AvgIpc) is 2.86. The number of hydrogen-bond donors (Lipinski definition) is 6. The zero-order valence-corrected chi connectivity index (χ0v) is 21.2. The molecule has 6 atom stereocenters. The number of phenols is 1. The Morgan fingerprint density at radius 3 is 2.26 bits per heavy atom. The summed E-state index contributed by atoms with van der Waals surface area (Å²) in [5.41, 5.74) is 4.20. The summed E-state index contributed by atoms with van der Waals surface area (Å²) in [6, 6.07) is 8.02. The van der Waals surface area contributed by atoms with E-state index >= 15 is 0 Å². The first-order valence-electron chi connectivity index (χ1n) is 12.4. The Balaban J connectivity index is 1.68. The molecule has 11 heteroatoms. The van der Waals surface area contributed by atoms with Gasteiger partial charge in [0.2, 0.25) is 11.7 Å². The number of aliphatic hydroxyl groups excluding tert-OH is 2. The number of nitrogens with two attached hydrogens (primary N) is 1. The Bertz CT molecular complexity index is 1460. The van der Waals surface area contributed by atoms with Crippen LogP contribution in [0.4, 0.5) is 0 Å². The number of carbonyl (C=O) groups excluding carboxylic acids is 3. The molecule has 0 radical (unpaired) electrons. The molecular weight excluding hydrogens is 508 g/mol. The maximum Gasteiger partial charge on any atom is 0.335 e. The number of phenolic OH excluding ortho intramolecular Hbond substituents is 1. The van der Waals surface area contributed by atoms with Crippen LogP contribution in [0.25, 0.3) is 16.9 Å². The van der Waals surface area contributed by atoms with Gasteiger partial charge in [-0.15, -0.1) is 0 Å². The fourth-order valence-corrected chi connectivity index (χ4v) is 6.67. The lowest BCUT2D eigenvalue weighted by molar-refractivity contribution is -0.184. The van der Waals surface area contributed by atoms with Crippen molar-refractivity contribution in [2.24, 2.45) is 23.5 Å². The quantitative estimate of drug-likeness (QED) is 0.299. The van der Waals surface area contributed by atoms with Gasteiger partial charge in [0.05, 0.1) is 17.2 Å². The summed E-state index contributed by atoms with van der Waals surface area (Å²) < 4.78 is 0. The normalized spacial score (nSPS) is 30.0. The topological polar surface area (TPSA) is 199 Å². The van der Waals surface area contributed by atoms with Crippen LogP contribution in [0.1, 0.15) is 27.9 Å². The lowest BCUT2D eigenvalue weighted by Gasteiger charge is -2.53. The minimum Gasteiger partial charge on any atom is -0.507 e. The molecule has 2 fully saturated rings. The molecule has 0 aliphatic heterocycles. The van der Waals surface area contributed by atoms with E-state index in [-0.39, 0.29) is 35.3 Å². The number of nitrogens with zero attached hydrogens (tertiary/aromatic N) is 1. The molecule has 0 aromatic heterocycles. The highest BCUT2D eigenvalue weighted by atomic mass is 16.4. The number of amides is 1. The number of fused-ring (bicyclic) bond motifs is 3. The molecule has 5 rings (SSSR count). The molecule has 2 aromatic rings. The molecule has 204 valence electrons. The van der Waals surface area contributed by atoms with Gasteiger partial charge in [0.1, 0.15) is 17.4 Å². The number of carboxylic acids is 1. The van der Waals surface area contributed by atoms with Crippen molar-refractivity contribution in [1.82, 2.24) is 4.90 Å². The van der Waals surface area contributed by atoms with Gasteiger partial charge in [-0.05, 0) is 67.7 Å². The number of hydrogen-bond acceptors (Lipinski definition) is 9. The van der Waals surface area contributed by atoms with Gasteiger partial charge >= 0.3 is 5.97 Å². The minimum absolute atomic E-state index is 0.00521. The van der Waals surface area contributed by atoms with E-state index in [1.54, 1.807) is 32.3 Å². The predicted molar refractivity (Wildman–Crippen MR) is 136 cm³/mol. The number of carbonyl (C=O) groups is 4. The third kappa shape index (κ3) is 3.68. The van der Waals surface area contributed by atoms with Gasteiger partial charge in [0.15, 0.2) is 11.4 Å². The summed E-state index contributed by atoms with van der Waals surface area (Å²) in [5, 5.41) is 53.9. The van der Waals surface area contributed by atoms with Crippen LogP contribution in [0.3, 0.4) is 0 Å². The van der Waals surface area contributed by atoms with E-state index in [0.717, 1.165) is 0 Å². The van der Waals surface area contributed by atoms with Crippen molar-refractivity contribution in [3.63, 3.8) is 0 Å². The van der Waals surface area contributed by atoms with Crippen molar-refractivity contribution >= 4 is 29.2 Å². The van der Waals surface area contributed by atoms with Gasteiger partial charge < -0.3 is 36.2 Å². The van der Waals surface area contributed by atoms with Crippen molar-refractivity contribution in [2.75, 3.05) is 14.1 Å². The van der Waals surface area contributed by atoms with Gasteiger partial charge in [-0.25, -0.2) is 4.79 Å². The van der Waals surface area contributed by atoms with Crippen LogP contribution in [0.5, 0.6) is 5.75 Å². The van der Waals surface area contributed by atoms with Gasteiger partial charge in [-0.3, -0.25) is 14.4 Å².